The van der Waals surface area contributed by atoms with Crippen LogP contribution in [0.4, 0.5) is 0 Å². The van der Waals surface area contributed by atoms with Crippen LogP contribution >= 0.6 is 11.3 Å². The molecule has 2 fully saturated rings. The SMILES string of the molecule is O=C(NCc1cccs1)C1CC12CCN(C(=O)CCc1ccccc1)C2. The predicted molar refractivity (Wildman–Crippen MR) is 103 cm³/mol. The summed E-state index contributed by atoms with van der Waals surface area (Å²) in [4.78, 5) is 28.1. The van der Waals surface area contributed by atoms with Crippen molar-refractivity contribution in [1.29, 1.82) is 0 Å². The molecule has 5 heteroatoms. The highest BCUT2D eigenvalue weighted by Crippen LogP contribution is 2.58. The smallest absolute Gasteiger partial charge is 0.224 e. The molecule has 2 unspecified atom stereocenters. The second-order valence-electron chi connectivity index (χ2n) is 7.47. The van der Waals surface area contributed by atoms with Gasteiger partial charge in [0.05, 0.1) is 6.54 Å². The maximum absolute atomic E-state index is 12.5. The van der Waals surface area contributed by atoms with E-state index in [0.29, 0.717) is 13.0 Å². The Bertz CT molecular complexity index is 775. The molecule has 2 amide bonds. The zero-order chi connectivity index (χ0) is 18.0. The molecule has 26 heavy (non-hydrogen) atoms. The van der Waals surface area contributed by atoms with Crippen LogP contribution in [-0.4, -0.2) is 29.8 Å². The van der Waals surface area contributed by atoms with Gasteiger partial charge in [-0.05, 0) is 36.3 Å². The molecule has 4 rings (SSSR count). The number of hydrogen-bond acceptors (Lipinski definition) is 3. The maximum atomic E-state index is 12.5. The molecule has 1 spiro atoms. The van der Waals surface area contributed by atoms with Crippen LogP contribution < -0.4 is 5.32 Å². The summed E-state index contributed by atoms with van der Waals surface area (Å²) in [5.74, 6) is 0.446. The predicted octanol–water partition coefficient (Wildman–Crippen LogP) is 3.24. The largest absolute Gasteiger partial charge is 0.351 e. The molecule has 4 nitrogen and oxygen atoms in total. The first-order valence-electron chi connectivity index (χ1n) is 9.28. The van der Waals surface area contributed by atoms with Gasteiger partial charge in [0, 0.05) is 35.7 Å². The number of nitrogens with one attached hydrogen (secondary N) is 1. The monoisotopic (exact) mass is 368 g/mol. The average Bonchev–Trinajstić information content (AvgIpc) is 3.02. The second-order valence-corrected chi connectivity index (χ2v) is 8.50. The number of likely N-dealkylation sites (tertiary alicyclic amines) is 1. The number of carbonyl (C=O) groups excluding carboxylic acids is 2. The first-order valence-corrected chi connectivity index (χ1v) is 10.2. The fourth-order valence-corrected chi connectivity index (χ4v) is 4.69. The van der Waals surface area contributed by atoms with Crippen LogP contribution in [-0.2, 0) is 22.6 Å². The maximum Gasteiger partial charge on any atom is 0.224 e. The molecule has 136 valence electrons. The number of carbonyl (C=O) groups is 2. The Labute approximate surface area is 158 Å². The normalized spacial score (nSPS) is 24.0. The molecule has 2 aliphatic rings. The molecule has 1 saturated carbocycles. The molecule has 1 aliphatic carbocycles. The Morgan fingerprint density at radius 2 is 2.04 bits per heavy atom. The Morgan fingerprint density at radius 1 is 1.19 bits per heavy atom. The van der Waals surface area contributed by atoms with Gasteiger partial charge in [-0.25, -0.2) is 0 Å². The van der Waals surface area contributed by atoms with Crippen molar-refractivity contribution in [1.82, 2.24) is 10.2 Å². The minimum absolute atomic E-state index is 0.0436. The molecule has 2 aromatic rings. The van der Waals surface area contributed by atoms with Gasteiger partial charge in [-0.1, -0.05) is 36.4 Å². The average molecular weight is 369 g/mol. The van der Waals surface area contributed by atoms with E-state index in [1.54, 1.807) is 11.3 Å². The summed E-state index contributed by atoms with van der Waals surface area (Å²) in [6, 6.07) is 14.2. The van der Waals surface area contributed by atoms with Crippen LogP contribution in [0.2, 0.25) is 0 Å². The van der Waals surface area contributed by atoms with E-state index in [0.717, 1.165) is 32.4 Å². The van der Waals surface area contributed by atoms with E-state index in [2.05, 4.69) is 17.4 Å². The van der Waals surface area contributed by atoms with Gasteiger partial charge < -0.3 is 10.2 Å². The van der Waals surface area contributed by atoms with Gasteiger partial charge in [0.25, 0.3) is 0 Å². The summed E-state index contributed by atoms with van der Waals surface area (Å²) in [6.07, 6.45) is 3.22. The van der Waals surface area contributed by atoms with Gasteiger partial charge in [0.1, 0.15) is 0 Å². The molecule has 2 atom stereocenters. The summed E-state index contributed by atoms with van der Waals surface area (Å²) in [5, 5.41) is 5.08. The van der Waals surface area contributed by atoms with E-state index >= 15 is 0 Å². The van der Waals surface area contributed by atoms with E-state index in [4.69, 9.17) is 0 Å². The summed E-state index contributed by atoms with van der Waals surface area (Å²) in [5.41, 5.74) is 1.24. The van der Waals surface area contributed by atoms with Crippen molar-refractivity contribution in [2.45, 2.75) is 32.2 Å². The number of thiophene rings is 1. The number of rotatable bonds is 6. The zero-order valence-corrected chi connectivity index (χ0v) is 15.6. The molecular formula is C21H24N2O2S. The minimum atomic E-state index is 0.0436. The van der Waals surface area contributed by atoms with Crippen LogP contribution in [0.15, 0.2) is 47.8 Å². The lowest BCUT2D eigenvalue weighted by Gasteiger charge is -2.17. The van der Waals surface area contributed by atoms with E-state index in [1.165, 1.54) is 10.4 Å². The van der Waals surface area contributed by atoms with Crippen molar-refractivity contribution in [3.63, 3.8) is 0 Å². The first kappa shape index (κ1) is 17.3. The summed E-state index contributed by atoms with van der Waals surface area (Å²) < 4.78 is 0. The number of benzene rings is 1. The highest BCUT2D eigenvalue weighted by atomic mass is 32.1. The minimum Gasteiger partial charge on any atom is -0.351 e. The number of nitrogens with zero attached hydrogens (tertiary/aromatic N) is 1. The lowest BCUT2D eigenvalue weighted by molar-refractivity contribution is -0.130. The van der Waals surface area contributed by atoms with E-state index in [-0.39, 0.29) is 23.1 Å². The van der Waals surface area contributed by atoms with Crippen molar-refractivity contribution in [3.05, 3.63) is 58.3 Å². The third-order valence-electron chi connectivity index (χ3n) is 5.73. The summed E-state index contributed by atoms with van der Waals surface area (Å²) in [6.45, 7) is 2.16. The van der Waals surface area contributed by atoms with Crippen LogP contribution in [0.25, 0.3) is 0 Å². The van der Waals surface area contributed by atoms with Gasteiger partial charge in [-0.2, -0.15) is 0 Å². The molecular weight excluding hydrogens is 344 g/mol. The molecule has 2 heterocycles. The van der Waals surface area contributed by atoms with Gasteiger partial charge in [-0.3, -0.25) is 9.59 Å². The Morgan fingerprint density at radius 3 is 2.81 bits per heavy atom. The van der Waals surface area contributed by atoms with Gasteiger partial charge in [0.15, 0.2) is 0 Å². The standard InChI is InChI=1S/C21H24N2O2S/c24-19(9-8-16-5-2-1-3-6-16)23-11-10-21(15-23)13-18(21)20(25)22-14-17-7-4-12-26-17/h1-7,12,18H,8-11,13-15H2,(H,22,25). The number of aryl methyl sites for hydroxylation is 1. The third kappa shape index (κ3) is 3.68. The fourth-order valence-electron chi connectivity index (χ4n) is 4.04. The molecule has 0 radical (unpaired) electrons. The third-order valence-corrected chi connectivity index (χ3v) is 6.61. The van der Waals surface area contributed by atoms with Gasteiger partial charge in [0.2, 0.25) is 11.8 Å². The number of amides is 2. The van der Waals surface area contributed by atoms with Gasteiger partial charge >= 0.3 is 0 Å². The lowest BCUT2D eigenvalue weighted by atomic mass is 10.0. The Balaban J connectivity index is 1.24. The zero-order valence-electron chi connectivity index (χ0n) is 14.8. The molecule has 1 saturated heterocycles. The topological polar surface area (TPSA) is 49.4 Å². The van der Waals surface area contributed by atoms with Crippen LogP contribution in [0.5, 0.6) is 0 Å². The molecule has 1 aromatic carbocycles. The molecule has 1 aliphatic heterocycles. The highest BCUT2D eigenvalue weighted by molar-refractivity contribution is 7.09. The van der Waals surface area contributed by atoms with Crippen molar-refractivity contribution in [3.8, 4) is 0 Å². The van der Waals surface area contributed by atoms with Gasteiger partial charge in [-0.15, -0.1) is 11.3 Å². The summed E-state index contributed by atoms with van der Waals surface area (Å²) in [7, 11) is 0. The molecule has 0 bridgehead atoms. The van der Waals surface area contributed by atoms with Crippen LogP contribution in [0.1, 0.15) is 29.7 Å². The van der Waals surface area contributed by atoms with Crippen molar-refractivity contribution < 1.29 is 9.59 Å². The van der Waals surface area contributed by atoms with Crippen molar-refractivity contribution in [2.75, 3.05) is 13.1 Å². The summed E-state index contributed by atoms with van der Waals surface area (Å²) >= 11 is 1.66. The first-order chi connectivity index (χ1) is 12.7. The van der Waals surface area contributed by atoms with E-state index < -0.39 is 0 Å². The highest BCUT2D eigenvalue weighted by Gasteiger charge is 2.61. The van der Waals surface area contributed by atoms with Crippen molar-refractivity contribution >= 4 is 23.2 Å². The Hall–Kier alpha value is -2.14. The number of hydrogen-bond donors (Lipinski definition) is 1. The van der Waals surface area contributed by atoms with E-state index in [1.807, 2.05) is 40.6 Å². The Kier molecular flexibility index (Phi) is 4.81. The van der Waals surface area contributed by atoms with Crippen LogP contribution in [0.3, 0.4) is 0 Å². The van der Waals surface area contributed by atoms with Crippen molar-refractivity contribution in [2.24, 2.45) is 11.3 Å². The molecule has 1 N–H and O–H groups in total. The van der Waals surface area contributed by atoms with Crippen LogP contribution in [0, 0.1) is 11.3 Å². The second kappa shape index (κ2) is 7.23. The lowest BCUT2D eigenvalue weighted by Crippen LogP contribution is -2.31. The fraction of sp³-hybridized carbons (Fsp3) is 0.429. The van der Waals surface area contributed by atoms with E-state index in [9.17, 15) is 9.59 Å². The molecule has 1 aromatic heterocycles. The quantitative estimate of drug-likeness (QED) is 0.851.